The summed E-state index contributed by atoms with van der Waals surface area (Å²) in [5.74, 6) is 1.08. The lowest BCUT2D eigenvalue weighted by molar-refractivity contribution is -0.0781. The largest absolute Gasteiger partial charge is 0.497 e. The Morgan fingerprint density at radius 2 is 1.88 bits per heavy atom. The Morgan fingerprint density at radius 1 is 1.08 bits per heavy atom. The van der Waals surface area contributed by atoms with Crippen LogP contribution < -0.4 is 14.8 Å². The Balaban J connectivity index is 1.59. The Bertz CT molecular complexity index is 1650. The predicted molar refractivity (Wildman–Crippen MR) is 189 cm³/mol. The van der Waals surface area contributed by atoms with Crippen molar-refractivity contribution >= 4 is 11.8 Å². The van der Waals surface area contributed by atoms with Crippen molar-refractivity contribution in [1.82, 2.24) is 10.2 Å². The maximum Gasteiger partial charge on any atom is 0.317 e. The van der Waals surface area contributed by atoms with Gasteiger partial charge >= 0.3 is 6.03 Å². The second-order valence-electron chi connectivity index (χ2n) is 14.4. The summed E-state index contributed by atoms with van der Waals surface area (Å²) < 4.78 is 16.6. The van der Waals surface area contributed by atoms with Gasteiger partial charge in [0.15, 0.2) is 5.76 Å². The first-order chi connectivity index (χ1) is 23.4. The van der Waals surface area contributed by atoms with Gasteiger partial charge in [0.25, 0.3) is 0 Å². The number of methoxy groups -OCH3 is 2. The average molecular weight is 673 g/mol. The van der Waals surface area contributed by atoms with Crippen LogP contribution in [-0.2, 0) is 13.0 Å². The molecular weight excluding hydrogens is 620 g/mol. The van der Waals surface area contributed by atoms with Crippen molar-refractivity contribution in [2.45, 2.75) is 103 Å². The van der Waals surface area contributed by atoms with Gasteiger partial charge in [-0.3, -0.25) is 4.79 Å². The number of benzene rings is 2. The fraction of sp³-hybridized carbons (Fsp3) is 0.500. The minimum absolute atomic E-state index is 0.0855. The molecule has 3 aliphatic carbocycles. The van der Waals surface area contributed by atoms with Gasteiger partial charge in [0.2, 0.25) is 5.78 Å². The van der Waals surface area contributed by atoms with E-state index in [1.54, 1.807) is 37.3 Å². The molecule has 0 unspecified atom stereocenters. The molecule has 9 heteroatoms. The van der Waals surface area contributed by atoms with Crippen molar-refractivity contribution in [3.05, 3.63) is 94.5 Å². The molecule has 1 fully saturated rings. The number of amides is 2. The molecule has 1 saturated carbocycles. The summed E-state index contributed by atoms with van der Waals surface area (Å²) in [4.78, 5) is 29.5. The van der Waals surface area contributed by atoms with Gasteiger partial charge in [-0.05, 0) is 113 Å². The number of nitrogens with one attached hydrogen (secondary N) is 1. The van der Waals surface area contributed by atoms with E-state index in [-0.39, 0.29) is 42.6 Å². The highest BCUT2D eigenvalue weighted by molar-refractivity contribution is 6.08. The summed E-state index contributed by atoms with van der Waals surface area (Å²) >= 11 is 0. The molecule has 0 radical (unpaired) electrons. The van der Waals surface area contributed by atoms with E-state index < -0.39 is 17.1 Å². The summed E-state index contributed by atoms with van der Waals surface area (Å²) in [7, 11) is 3.18. The second-order valence-corrected chi connectivity index (χ2v) is 14.4. The Hall–Kier alpha value is -4.08. The first kappa shape index (κ1) is 36.2. The first-order valence-corrected chi connectivity index (χ1v) is 17.4. The first-order valence-electron chi connectivity index (χ1n) is 17.4. The summed E-state index contributed by atoms with van der Waals surface area (Å²) in [6.07, 6.45) is 7.40. The lowest BCUT2D eigenvalue weighted by atomic mass is 9.64. The molecular formula is C40H52N2O7. The highest BCUT2D eigenvalue weighted by Crippen LogP contribution is 2.59. The minimum atomic E-state index is -1.29. The Kier molecular flexibility index (Phi) is 11.2. The van der Waals surface area contributed by atoms with Crippen molar-refractivity contribution < 1.29 is 33.7 Å². The minimum Gasteiger partial charge on any atom is -0.497 e. The van der Waals surface area contributed by atoms with Crippen LogP contribution in [0.1, 0.15) is 105 Å². The zero-order chi connectivity index (χ0) is 35.3. The van der Waals surface area contributed by atoms with Gasteiger partial charge in [-0.2, -0.15) is 0 Å². The smallest absolute Gasteiger partial charge is 0.317 e. The number of ether oxygens (including phenoxy) is 2. The number of carbonyl (C=O) groups is 2. The highest BCUT2D eigenvalue weighted by atomic mass is 16.5. The van der Waals surface area contributed by atoms with Gasteiger partial charge in [-0.1, -0.05) is 30.7 Å². The molecule has 0 spiro atoms. The van der Waals surface area contributed by atoms with E-state index >= 15 is 0 Å². The van der Waals surface area contributed by atoms with Crippen LogP contribution in [0.4, 0.5) is 4.79 Å². The van der Waals surface area contributed by atoms with Crippen LogP contribution in [0.25, 0.3) is 0 Å². The zero-order valence-corrected chi connectivity index (χ0v) is 29.8. The number of allylic oxidation sites excluding steroid dienone is 2. The number of urea groups is 1. The molecule has 1 aromatic heterocycles. The third-order valence-corrected chi connectivity index (χ3v) is 10.7. The van der Waals surface area contributed by atoms with Crippen molar-refractivity contribution in [1.29, 1.82) is 0 Å². The quantitative estimate of drug-likeness (QED) is 0.163. The van der Waals surface area contributed by atoms with Crippen LogP contribution in [0.3, 0.4) is 0 Å². The number of nitrogens with zero attached hydrogens (tertiary/aromatic N) is 1. The second kappa shape index (κ2) is 15.2. The van der Waals surface area contributed by atoms with Crippen LogP contribution in [0.2, 0.25) is 0 Å². The summed E-state index contributed by atoms with van der Waals surface area (Å²) in [6, 6.07) is 14.4. The van der Waals surface area contributed by atoms with Crippen LogP contribution in [0.5, 0.6) is 11.5 Å². The molecule has 3 aromatic rings. The molecule has 6 rings (SSSR count). The van der Waals surface area contributed by atoms with Gasteiger partial charge in [0.1, 0.15) is 11.5 Å². The molecule has 9 nitrogen and oxygen atoms in total. The molecule has 0 aliphatic heterocycles. The van der Waals surface area contributed by atoms with Gasteiger partial charge in [0, 0.05) is 28.7 Å². The SMILES string of the molecule is COc1ccc(CN(C[C@]2(O)CC[C@H]3c4ccc(cc4C(=O)c4ccco4)C[C@@H](O)CCC(C)=CCC[C@@]32C)C(=O)NC(C)C)c(OC)c1. The van der Waals surface area contributed by atoms with Gasteiger partial charge in [0.05, 0.1) is 45.3 Å². The van der Waals surface area contributed by atoms with Crippen LogP contribution >= 0.6 is 0 Å². The number of hydrogen-bond donors (Lipinski definition) is 3. The predicted octanol–water partition coefficient (Wildman–Crippen LogP) is 7.19. The van der Waals surface area contributed by atoms with E-state index in [9.17, 15) is 19.8 Å². The van der Waals surface area contributed by atoms with E-state index in [1.807, 2.05) is 44.2 Å². The maximum absolute atomic E-state index is 14.0. The van der Waals surface area contributed by atoms with Crippen molar-refractivity contribution in [3.8, 4) is 11.5 Å². The fourth-order valence-electron chi connectivity index (χ4n) is 7.78. The summed E-state index contributed by atoms with van der Waals surface area (Å²) in [5.41, 5.74) is 2.25. The van der Waals surface area contributed by atoms with E-state index in [0.29, 0.717) is 55.6 Å². The number of fused-ring (bicyclic) bond motifs is 8. The Labute approximate surface area is 290 Å². The number of aliphatic hydroxyl groups is 2. The number of aliphatic hydroxyl groups excluding tert-OH is 1. The van der Waals surface area contributed by atoms with Gasteiger partial charge in [-0.15, -0.1) is 0 Å². The number of hydrogen-bond acceptors (Lipinski definition) is 7. The number of carbonyl (C=O) groups excluding carboxylic acids is 2. The zero-order valence-electron chi connectivity index (χ0n) is 29.8. The fourth-order valence-corrected chi connectivity index (χ4v) is 7.78. The standard InChI is InChI=1S/C40H52N2O7/c1-26(2)41-38(45)42(24-29-13-15-31(47-5)23-36(29)48-6)25-40(46)19-17-34-32-16-12-28(22-33(32)37(44)35-10-8-20-49-35)21-30(43)14-11-27(3)9-7-18-39(34,40)4/h8-10,12-13,15-16,20,22-23,26,30,34,43,46H,7,11,14,17-19,21,24-25H2,1-6H3,(H,41,45)/t30-,34-,39-,40+/m0/s1. The average Bonchev–Trinajstić information content (AvgIpc) is 3.70. The highest BCUT2D eigenvalue weighted by Gasteiger charge is 2.57. The molecule has 0 saturated heterocycles. The molecule has 2 amide bonds. The molecule has 1 heterocycles. The van der Waals surface area contributed by atoms with Crippen molar-refractivity contribution in [2.24, 2.45) is 5.41 Å². The van der Waals surface area contributed by atoms with Gasteiger partial charge in [-0.25, -0.2) is 4.79 Å². The maximum atomic E-state index is 14.0. The number of ketones is 1. The lowest BCUT2D eigenvalue weighted by Crippen LogP contribution is -2.55. The molecule has 4 atom stereocenters. The molecule has 49 heavy (non-hydrogen) atoms. The summed E-state index contributed by atoms with van der Waals surface area (Å²) in [5, 5.41) is 26.8. The van der Waals surface area contributed by atoms with Gasteiger partial charge < -0.3 is 34.3 Å². The third kappa shape index (κ3) is 7.89. The third-order valence-electron chi connectivity index (χ3n) is 10.7. The Morgan fingerprint density at radius 3 is 2.57 bits per heavy atom. The molecule has 264 valence electrons. The van der Waals surface area contributed by atoms with Crippen LogP contribution in [0.15, 0.2) is 70.9 Å². The lowest BCUT2D eigenvalue weighted by Gasteiger charge is -2.46. The summed E-state index contributed by atoms with van der Waals surface area (Å²) in [6.45, 7) is 8.34. The van der Waals surface area contributed by atoms with Crippen molar-refractivity contribution in [3.63, 3.8) is 0 Å². The van der Waals surface area contributed by atoms with Crippen LogP contribution in [0, 0.1) is 5.41 Å². The molecule has 3 aliphatic rings. The molecule has 2 bridgehead atoms. The monoisotopic (exact) mass is 672 g/mol. The number of rotatable bonds is 9. The van der Waals surface area contributed by atoms with E-state index in [1.165, 1.54) is 11.8 Å². The molecule has 2 aromatic carbocycles. The van der Waals surface area contributed by atoms with E-state index in [2.05, 4.69) is 25.2 Å². The topological polar surface area (TPSA) is 121 Å². The van der Waals surface area contributed by atoms with E-state index in [4.69, 9.17) is 13.9 Å². The van der Waals surface area contributed by atoms with E-state index in [0.717, 1.165) is 23.1 Å². The number of furan rings is 1. The van der Waals surface area contributed by atoms with Crippen molar-refractivity contribution in [2.75, 3.05) is 20.8 Å². The normalized spacial score (nSPS) is 24.1. The van der Waals surface area contributed by atoms with Crippen LogP contribution in [-0.4, -0.2) is 65.4 Å². The molecule has 3 N–H and O–H groups in total.